The molecule has 0 fully saturated rings. The lowest BCUT2D eigenvalue weighted by atomic mass is 10.1. The first kappa shape index (κ1) is 26.2. The molecule has 27 heavy (non-hydrogen) atoms. The summed E-state index contributed by atoms with van der Waals surface area (Å²) in [6.07, 6.45) is 27.4. The van der Waals surface area contributed by atoms with Crippen LogP contribution in [-0.2, 0) is 9.53 Å². The molecule has 0 saturated heterocycles. The van der Waals surface area contributed by atoms with E-state index in [2.05, 4.69) is 19.1 Å². The molecule has 0 aliphatic heterocycles. The smallest absolute Gasteiger partial charge is 0.305 e. The first-order valence-corrected chi connectivity index (χ1v) is 11.7. The maximum Gasteiger partial charge on any atom is 0.305 e. The van der Waals surface area contributed by atoms with Crippen molar-refractivity contribution in [2.45, 2.75) is 122 Å². The van der Waals surface area contributed by atoms with E-state index in [1.54, 1.807) is 0 Å². The molecule has 0 aromatic heterocycles. The molecule has 1 N–H and O–H groups in total. The van der Waals surface area contributed by atoms with Crippen LogP contribution >= 0.6 is 0 Å². The monoisotopic (exact) mass is 382 g/mol. The average molecular weight is 383 g/mol. The molecule has 0 radical (unpaired) electrons. The topological polar surface area (TPSA) is 46.5 Å². The lowest BCUT2D eigenvalue weighted by molar-refractivity contribution is -0.144. The standard InChI is InChI=1S/C24H46O3/c1-2-3-4-5-6-7-8-9-10-11-12-13-14-15-16-17-18-19-20-21-24(26)27-23-22-25/h9-10,25H,2-8,11-23H2,1H3/b10-9-. The Hall–Kier alpha value is -0.830. The highest BCUT2D eigenvalue weighted by molar-refractivity contribution is 5.69. The zero-order valence-electron chi connectivity index (χ0n) is 18.1. The number of carbonyl (C=O) groups excluding carboxylic acids is 1. The minimum atomic E-state index is -0.176. The Morgan fingerprint density at radius 3 is 1.63 bits per heavy atom. The maximum absolute atomic E-state index is 11.2. The fraction of sp³-hybridized carbons (Fsp3) is 0.875. The van der Waals surface area contributed by atoms with Crippen molar-refractivity contribution in [2.75, 3.05) is 13.2 Å². The maximum atomic E-state index is 11.2. The summed E-state index contributed by atoms with van der Waals surface area (Å²) in [6, 6.07) is 0. The van der Waals surface area contributed by atoms with Crippen molar-refractivity contribution in [2.24, 2.45) is 0 Å². The number of unbranched alkanes of at least 4 members (excludes halogenated alkanes) is 15. The van der Waals surface area contributed by atoms with Crippen molar-refractivity contribution in [3.05, 3.63) is 12.2 Å². The molecule has 0 aliphatic carbocycles. The van der Waals surface area contributed by atoms with Crippen molar-refractivity contribution < 1.29 is 14.6 Å². The summed E-state index contributed by atoms with van der Waals surface area (Å²) in [5.74, 6) is -0.176. The van der Waals surface area contributed by atoms with Gasteiger partial charge in [-0.1, -0.05) is 96.1 Å². The van der Waals surface area contributed by atoms with Crippen LogP contribution in [0.2, 0.25) is 0 Å². The van der Waals surface area contributed by atoms with Crippen LogP contribution in [0.3, 0.4) is 0 Å². The van der Waals surface area contributed by atoms with Gasteiger partial charge in [0.15, 0.2) is 0 Å². The molecule has 0 rings (SSSR count). The molecule has 3 heteroatoms. The fourth-order valence-corrected chi connectivity index (χ4v) is 3.28. The van der Waals surface area contributed by atoms with Crippen LogP contribution < -0.4 is 0 Å². The van der Waals surface area contributed by atoms with Crippen LogP contribution in [-0.4, -0.2) is 24.3 Å². The highest BCUT2D eigenvalue weighted by Gasteiger charge is 2.01. The Balaban J connectivity index is 3.12. The van der Waals surface area contributed by atoms with Gasteiger partial charge in [-0.3, -0.25) is 4.79 Å². The Labute approximate surface area is 169 Å². The van der Waals surface area contributed by atoms with Gasteiger partial charge in [-0.25, -0.2) is 0 Å². The molecule has 0 aliphatic rings. The first-order chi connectivity index (χ1) is 13.3. The van der Waals surface area contributed by atoms with Crippen LogP contribution in [0.15, 0.2) is 12.2 Å². The van der Waals surface area contributed by atoms with Crippen molar-refractivity contribution in [1.29, 1.82) is 0 Å². The molecule has 0 atom stereocenters. The number of aliphatic hydroxyl groups is 1. The third-order valence-electron chi connectivity index (χ3n) is 5.00. The molecule has 160 valence electrons. The van der Waals surface area contributed by atoms with Crippen molar-refractivity contribution in [3.63, 3.8) is 0 Å². The molecule has 0 unspecified atom stereocenters. The van der Waals surface area contributed by atoms with Gasteiger partial charge >= 0.3 is 5.97 Å². The highest BCUT2D eigenvalue weighted by Crippen LogP contribution is 2.12. The Morgan fingerprint density at radius 2 is 1.15 bits per heavy atom. The van der Waals surface area contributed by atoms with Crippen LogP contribution in [0, 0.1) is 0 Å². The fourth-order valence-electron chi connectivity index (χ4n) is 3.28. The molecule has 0 aromatic rings. The van der Waals surface area contributed by atoms with Gasteiger partial charge in [-0.05, 0) is 32.1 Å². The molecule has 0 heterocycles. The van der Waals surface area contributed by atoms with Gasteiger partial charge in [0.1, 0.15) is 6.61 Å². The molecule has 0 spiro atoms. The van der Waals surface area contributed by atoms with Gasteiger partial charge < -0.3 is 9.84 Å². The van der Waals surface area contributed by atoms with E-state index in [9.17, 15) is 4.79 Å². The summed E-state index contributed by atoms with van der Waals surface area (Å²) >= 11 is 0. The van der Waals surface area contributed by atoms with Crippen LogP contribution in [0.4, 0.5) is 0 Å². The largest absolute Gasteiger partial charge is 0.463 e. The third kappa shape index (κ3) is 23.1. The predicted octanol–water partition coefficient (Wildman–Crippen LogP) is 7.12. The van der Waals surface area contributed by atoms with E-state index in [4.69, 9.17) is 9.84 Å². The van der Waals surface area contributed by atoms with Gasteiger partial charge in [0.25, 0.3) is 0 Å². The van der Waals surface area contributed by atoms with E-state index in [0.29, 0.717) is 6.42 Å². The van der Waals surface area contributed by atoms with Crippen molar-refractivity contribution >= 4 is 5.97 Å². The van der Waals surface area contributed by atoms with Gasteiger partial charge in [0.05, 0.1) is 6.61 Å². The minimum Gasteiger partial charge on any atom is -0.463 e. The van der Waals surface area contributed by atoms with Gasteiger partial charge in [0, 0.05) is 6.42 Å². The van der Waals surface area contributed by atoms with E-state index < -0.39 is 0 Å². The second-order valence-electron chi connectivity index (χ2n) is 7.69. The number of esters is 1. The normalized spacial score (nSPS) is 11.3. The summed E-state index contributed by atoms with van der Waals surface area (Å²) in [6.45, 7) is 2.32. The summed E-state index contributed by atoms with van der Waals surface area (Å²) in [4.78, 5) is 11.2. The lowest BCUT2D eigenvalue weighted by Crippen LogP contribution is -2.07. The van der Waals surface area contributed by atoms with E-state index in [1.165, 1.54) is 96.3 Å². The number of carbonyl (C=O) groups is 1. The SMILES string of the molecule is CCCCCCCC/C=C\CCCCCCCCCCCC(=O)OCCO. The number of ether oxygens (including phenoxy) is 1. The van der Waals surface area contributed by atoms with E-state index in [0.717, 1.165) is 12.8 Å². The van der Waals surface area contributed by atoms with E-state index in [1.807, 2.05) is 0 Å². The molecule has 0 bridgehead atoms. The zero-order valence-corrected chi connectivity index (χ0v) is 18.1. The van der Waals surface area contributed by atoms with Crippen molar-refractivity contribution in [3.8, 4) is 0 Å². The molecule has 0 aromatic carbocycles. The molecular formula is C24H46O3. The van der Waals surface area contributed by atoms with Crippen LogP contribution in [0.1, 0.15) is 122 Å². The van der Waals surface area contributed by atoms with Crippen molar-refractivity contribution in [1.82, 2.24) is 0 Å². The number of aliphatic hydroxyl groups excluding tert-OH is 1. The van der Waals surface area contributed by atoms with Gasteiger partial charge in [0.2, 0.25) is 0 Å². The summed E-state index contributed by atoms with van der Waals surface area (Å²) in [7, 11) is 0. The third-order valence-corrected chi connectivity index (χ3v) is 5.00. The lowest BCUT2D eigenvalue weighted by Gasteiger charge is -2.03. The summed E-state index contributed by atoms with van der Waals surface area (Å²) in [5.41, 5.74) is 0. The number of rotatable bonds is 21. The molecule has 0 amide bonds. The van der Waals surface area contributed by atoms with Gasteiger partial charge in [-0.2, -0.15) is 0 Å². The second kappa shape index (κ2) is 23.2. The number of allylic oxidation sites excluding steroid dienone is 2. The Kier molecular flexibility index (Phi) is 22.5. The van der Waals surface area contributed by atoms with Gasteiger partial charge in [-0.15, -0.1) is 0 Å². The molecule has 0 saturated carbocycles. The number of hydrogen-bond acceptors (Lipinski definition) is 3. The van der Waals surface area contributed by atoms with E-state index in [-0.39, 0.29) is 19.2 Å². The quantitative estimate of drug-likeness (QED) is 0.131. The zero-order chi connectivity index (χ0) is 19.8. The summed E-state index contributed by atoms with van der Waals surface area (Å²) in [5, 5.41) is 8.57. The van der Waals surface area contributed by atoms with Crippen LogP contribution in [0.5, 0.6) is 0 Å². The first-order valence-electron chi connectivity index (χ1n) is 11.7. The Morgan fingerprint density at radius 1 is 0.704 bits per heavy atom. The predicted molar refractivity (Wildman–Crippen MR) is 116 cm³/mol. The van der Waals surface area contributed by atoms with Crippen LogP contribution in [0.25, 0.3) is 0 Å². The highest BCUT2D eigenvalue weighted by atomic mass is 16.5. The van der Waals surface area contributed by atoms with E-state index >= 15 is 0 Å². The second-order valence-corrected chi connectivity index (χ2v) is 7.69. The molecule has 3 nitrogen and oxygen atoms in total. The Bertz CT molecular complexity index is 326. The summed E-state index contributed by atoms with van der Waals surface area (Å²) < 4.78 is 4.83. The minimum absolute atomic E-state index is 0.0821. The number of hydrogen-bond donors (Lipinski definition) is 1. The average Bonchev–Trinajstić information content (AvgIpc) is 2.68. The molecular weight excluding hydrogens is 336 g/mol.